The summed E-state index contributed by atoms with van der Waals surface area (Å²) in [5, 5.41) is 8.75. The van der Waals surface area contributed by atoms with Crippen molar-refractivity contribution in [1.29, 1.82) is 5.26 Å². The van der Waals surface area contributed by atoms with Crippen LogP contribution in [0.2, 0.25) is 0 Å². The molecule has 0 saturated carbocycles. The highest BCUT2D eigenvalue weighted by Gasteiger charge is 2.01. The van der Waals surface area contributed by atoms with Crippen molar-refractivity contribution in [2.45, 2.75) is 26.7 Å². The van der Waals surface area contributed by atoms with Gasteiger partial charge in [0.2, 0.25) is 0 Å². The molecule has 0 aliphatic heterocycles. The molecule has 0 N–H and O–H groups in total. The minimum absolute atomic E-state index is 0.172. The van der Waals surface area contributed by atoms with Crippen LogP contribution in [0.3, 0.4) is 0 Å². The average molecular weight is 217 g/mol. The molecule has 0 saturated heterocycles. The molecule has 0 aromatic heterocycles. The third kappa shape index (κ3) is 3.74. The molecule has 1 rings (SSSR count). The molecular formula is C13H15NO2. The molecule has 0 aliphatic rings. The summed E-state index contributed by atoms with van der Waals surface area (Å²) >= 11 is 0. The third-order valence-electron chi connectivity index (χ3n) is 2.25. The van der Waals surface area contributed by atoms with E-state index in [-0.39, 0.29) is 5.78 Å². The Hall–Kier alpha value is -1.82. The Kier molecular flexibility index (Phi) is 4.53. The van der Waals surface area contributed by atoms with E-state index in [0.29, 0.717) is 25.0 Å². The number of carbonyl (C=O) groups is 1. The first kappa shape index (κ1) is 12.3. The number of aryl methyl sites for hydroxylation is 1. The minimum Gasteiger partial charge on any atom is -0.493 e. The van der Waals surface area contributed by atoms with Crippen LogP contribution >= 0.6 is 0 Å². The van der Waals surface area contributed by atoms with E-state index in [1.165, 1.54) is 0 Å². The van der Waals surface area contributed by atoms with Crippen LogP contribution in [0.25, 0.3) is 0 Å². The van der Waals surface area contributed by atoms with Gasteiger partial charge in [-0.05, 0) is 38.0 Å². The molecule has 0 amide bonds. The second kappa shape index (κ2) is 5.92. The maximum atomic E-state index is 10.7. The van der Waals surface area contributed by atoms with Crippen LogP contribution in [-0.4, -0.2) is 12.4 Å². The number of nitrogens with zero attached hydrogens (tertiary/aromatic N) is 1. The van der Waals surface area contributed by atoms with Crippen molar-refractivity contribution in [2.75, 3.05) is 6.61 Å². The zero-order valence-electron chi connectivity index (χ0n) is 9.62. The summed E-state index contributed by atoms with van der Waals surface area (Å²) < 4.78 is 5.53. The normalized spacial score (nSPS) is 9.56. The summed E-state index contributed by atoms with van der Waals surface area (Å²) in [6.07, 6.45) is 1.25. The molecule has 0 bridgehead atoms. The van der Waals surface area contributed by atoms with Gasteiger partial charge in [-0.15, -0.1) is 0 Å². The maximum absolute atomic E-state index is 10.7. The summed E-state index contributed by atoms with van der Waals surface area (Å²) in [4.78, 5) is 10.7. The van der Waals surface area contributed by atoms with E-state index in [4.69, 9.17) is 10.00 Å². The van der Waals surface area contributed by atoms with Gasteiger partial charge in [0.05, 0.1) is 18.2 Å². The van der Waals surface area contributed by atoms with Gasteiger partial charge < -0.3 is 9.53 Å². The Morgan fingerprint density at radius 1 is 1.50 bits per heavy atom. The molecule has 0 aliphatic carbocycles. The predicted octanol–water partition coefficient (Wildman–Crippen LogP) is 2.61. The predicted molar refractivity (Wildman–Crippen MR) is 61.3 cm³/mol. The summed E-state index contributed by atoms with van der Waals surface area (Å²) in [6.45, 7) is 4.01. The monoisotopic (exact) mass is 217 g/mol. The molecule has 16 heavy (non-hydrogen) atoms. The van der Waals surface area contributed by atoms with Crippen molar-refractivity contribution < 1.29 is 9.53 Å². The molecule has 3 heteroatoms. The maximum Gasteiger partial charge on any atom is 0.129 e. The van der Waals surface area contributed by atoms with E-state index >= 15 is 0 Å². The number of benzene rings is 1. The number of Topliss-reactive ketones (excluding diaryl/α,β-unsaturated/α-hetero) is 1. The molecule has 0 radical (unpaired) electrons. The SMILES string of the molecule is CC(=O)CCCOc1cc(C#N)ccc1C. The quantitative estimate of drug-likeness (QED) is 0.712. The van der Waals surface area contributed by atoms with E-state index in [1.807, 2.05) is 13.0 Å². The summed E-state index contributed by atoms with van der Waals surface area (Å²) in [7, 11) is 0. The highest BCUT2D eigenvalue weighted by atomic mass is 16.5. The van der Waals surface area contributed by atoms with Crippen molar-refractivity contribution >= 4 is 5.78 Å². The number of hydrogen-bond acceptors (Lipinski definition) is 3. The van der Waals surface area contributed by atoms with E-state index < -0.39 is 0 Å². The first-order chi connectivity index (χ1) is 7.63. The Balaban J connectivity index is 2.53. The van der Waals surface area contributed by atoms with E-state index in [9.17, 15) is 4.79 Å². The van der Waals surface area contributed by atoms with Crippen LogP contribution in [0.5, 0.6) is 5.75 Å². The lowest BCUT2D eigenvalue weighted by Gasteiger charge is -2.08. The molecule has 3 nitrogen and oxygen atoms in total. The number of ketones is 1. The Morgan fingerprint density at radius 2 is 2.25 bits per heavy atom. The van der Waals surface area contributed by atoms with Gasteiger partial charge in [0.1, 0.15) is 11.5 Å². The fourth-order valence-electron chi connectivity index (χ4n) is 1.33. The first-order valence-electron chi connectivity index (χ1n) is 5.26. The molecular weight excluding hydrogens is 202 g/mol. The van der Waals surface area contributed by atoms with Gasteiger partial charge in [0.25, 0.3) is 0 Å². The zero-order valence-corrected chi connectivity index (χ0v) is 9.62. The van der Waals surface area contributed by atoms with Crippen molar-refractivity contribution in [2.24, 2.45) is 0 Å². The van der Waals surface area contributed by atoms with Crippen molar-refractivity contribution in [3.05, 3.63) is 29.3 Å². The van der Waals surface area contributed by atoms with Gasteiger partial charge in [0.15, 0.2) is 0 Å². The van der Waals surface area contributed by atoms with Crippen LogP contribution in [0.15, 0.2) is 18.2 Å². The summed E-state index contributed by atoms with van der Waals surface area (Å²) in [6, 6.07) is 7.42. The molecule has 1 aromatic carbocycles. The van der Waals surface area contributed by atoms with E-state index in [1.54, 1.807) is 19.1 Å². The lowest BCUT2D eigenvalue weighted by atomic mass is 10.1. The van der Waals surface area contributed by atoms with Gasteiger partial charge >= 0.3 is 0 Å². The van der Waals surface area contributed by atoms with Crippen LogP contribution in [-0.2, 0) is 4.79 Å². The molecule has 0 atom stereocenters. The van der Waals surface area contributed by atoms with Crippen LogP contribution < -0.4 is 4.74 Å². The Labute approximate surface area is 95.7 Å². The molecule has 0 spiro atoms. The topological polar surface area (TPSA) is 50.1 Å². The molecule has 1 aromatic rings. The molecule has 0 heterocycles. The number of hydrogen-bond donors (Lipinski definition) is 0. The van der Waals surface area contributed by atoms with Gasteiger partial charge in [-0.2, -0.15) is 5.26 Å². The second-order valence-electron chi connectivity index (χ2n) is 3.75. The van der Waals surface area contributed by atoms with Gasteiger partial charge in [-0.25, -0.2) is 0 Å². The molecule has 0 fully saturated rings. The number of rotatable bonds is 5. The standard InChI is InChI=1S/C13H15NO2/c1-10-5-6-12(9-14)8-13(10)16-7-3-4-11(2)15/h5-6,8H,3-4,7H2,1-2H3. The van der Waals surface area contributed by atoms with E-state index in [2.05, 4.69) is 6.07 Å². The van der Waals surface area contributed by atoms with Crippen molar-refractivity contribution in [3.8, 4) is 11.8 Å². The average Bonchev–Trinajstić information content (AvgIpc) is 2.26. The number of nitriles is 1. The largest absolute Gasteiger partial charge is 0.493 e. The summed E-state index contributed by atoms with van der Waals surface area (Å²) in [5.41, 5.74) is 1.59. The van der Waals surface area contributed by atoms with E-state index in [0.717, 1.165) is 11.3 Å². The van der Waals surface area contributed by atoms with Gasteiger partial charge in [0, 0.05) is 6.42 Å². The second-order valence-corrected chi connectivity index (χ2v) is 3.75. The third-order valence-corrected chi connectivity index (χ3v) is 2.25. The fraction of sp³-hybridized carbons (Fsp3) is 0.385. The van der Waals surface area contributed by atoms with Crippen LogP contribution in [0, 0.1) is 18.3 Å². The minimum atomic E-state index is 0.172. The molecule has 84 valence electrons. The highest BCUT2D eigenvalue weighted by Crippen LogP contribution is 2.19. The summed E-state index contributed by atoms with van der Waals surface area (Å²) in [5.74, 6) is 0.897. The van der Waals surface area contributed by atoms with Crippen LogP contribution in [0.1, 0.15) is 30.9 Å². The lowest BCUT2D eigenvalue weighted by Crippen LogP contribution is -2.01. The number of carbonyl (C=O) groups excluding carboxylic acids is 1. The zero-order chi connectivity index (χ0) is 12.0. The van der Waals surface area contributed by atoms with Crippen molar-refractivity contribution in [1.82, 2.24) is 0 Å². The number of ether oxygens (including phenoxy) is 1. The molecule has 0 unspecified atom stereocenters. The smallest absolute Gasteiger partial charge is 0.129 e. The lowest BCUT2D eigenvalue weighted by molar-refractivity contribution is -0.117. The fourth-order valence-corrected chi connectivity index (χ4v) is 1.33. The highest BCUT2D eigenvalue weighted by molar-refractivity contribution is 5.75. The van der Waals surface area contributed by atoms with Crippen LogP contribution in [0.4, 0.5) is 0 Å². The van der Waals surface area contributed by atoms with Gasteiger partial charge in [-0.3, -0.25) is 0 Å². The first-order valence-corrected chi connectivity index (χ1v) is 5.26. The van der Waals surface area contributed by atoms with Gasteiger partial charge in [-0.1, -0.05) is 6.07 Å². The Bertz CT molecular complexity index is 418. The Morgan fingerprint density at radius 3 is 2.88 bits per heavy atom. The van der Waals surface area contributed by atoms with Crippen molar-refractivity contribution in [3.63, 3.8) is 0 Å².